The van der Waals surface area contributed by atoms with Crippen LogP contribution < -0.4 is 4.90 Å². The van der Waals surface area contributed by atoms with Crippen molar-refractivity contribution in [2.75, 3.05) is 18.0 Å². The van der Waals surface area contributed by atoms with Crippen LogP contribution in [0.3, 0.4) is 0 Å². The van der Waals surface area contributed by atoms with Crippen molar-refractivity contribution in [3.8, 4) is 0 Å². The average molecular weight is 441 g/mol. The lowest BCUT2D eigenvalue weighted by Crippen LogP contribution is -2.31. The average Bonchev–Trinajstić information content (AvgIpc) is 3.31. The van der Waals surface area contributed by atoms with Gasteiger partial charge in [0.05, 0.1) is 10.6 Å². The van der Waals surface area contributed by atoms with E-state index in [0.29, 0.717) is 53.2 Å². The first kappa shape index (κ1) is 20.5. The number of nitrogens with zero attached hydrogens (tertiary/aromatic N) is 4. The van der Waals surface area contributed by atoms with Gasteiger partial charge in [0.2, 0.25) is 0 Å². The van der Waals surface area contributed by atoms with Crippen LogP contribution in [0.2, 0.25) is 5.02 Å². The van der Waals surface area contributed by atoms with E-state index in [1.54, 1.807) is 22.2 Å². The third kappa shape index (κ3) is 4.52. The van der Waals surface area contributed by atoms with Gasteiger partial charge in [-0.15, -0.1) is 0 Å². The van der Waals surface area contributed by atoms with Crippen molar-refractivity contribution in [3.63, 3.8) is 0 Å². The zero-order valence-corrected chi connectivity index (χ0v) is 18.1. The highest BCUT2D eigenvalue weighted by molar-refractivity contribution is 7.17. The smallest absolute Gasteiger partial charge is 0.318 e. The number of anilines is 1. The molecular formula is C22H21ClN4O2S. The lowest BCUT2D eigenvalue weighted by Gasteiger charge is -2.17. The molecule has 1 aliphatic heterocycles. The van der Waals surface area contributed by atoms with Crippen molar-refractivity contribution in [2.24, 2.45) is 0 Å². The summed E-state index contributed by atoms with van der Waals surface area (Å²) in [6.45, 7) is 3.52. The van der Waals surface area contributed by atoms with Crippen LogP contribution in [0, 0.1) is 6.92 Å². The molecule has 3 heterocycles. The number of urea groups is 1. The number of aromatic nitrogens is 2. The molecule has 0 saturated carbocycles. The quantitative estimate of drug-likeness (QED) is 0.497. The van der Waals surface area contributed by atoms with Gasteiger partial charge in [0.25, 0.3) is 0 Å². The van der Waals surface area contributed by atoms with Gasteiger partial charge in [-0.2, -0.15) is 0 Å². The Morgan fingerprint density at radius 2 is 1.97 bits per heavy atom. The SMILES string of the molecule is Cc1nc(N2CCN(Cc3ccc(Cl)cc3)C2=O)sc1C(=O)CCc1cccnc1. The highest BCUT2D eigenvalue weighted by Gasteiger charge is 2.32. The molecule has 0 unspecified atom stereocenters. The summed E-state index contributed by atoms with van der Waals surface area (Å²) in [6, 6.07) is 11.2. The van der Waals surface area contributed by atoms with Gasteiger partial charge in [-0.25, -0.2) is 9.78 Å². The largest absolute Gasteiger partial charge is 0.326 e. The van der Waals surface area contributed by atoms with Crippen LogP contribution in [0.5, 0.6) is 0 Å². The first-order valence-electron chi connectivity index (χ1n) is 9.71. The molecule has 154 valence electrons. The summed E-state index contributed by atoms with van der Waals surface area (Å²) in [6.07, 6.45) is 4.52. The Hall–Kier alpha value is -2.77. The molecule has 1 fully saturated rings. The molecule has 0 N–H and O–H groups in total. The Kier molecular flexibility index (Phi) is 6.11. The number of Topliss-reactive ketones (excluding diaryl/α,β-unsaturated/α-hetero) is 1. The van der Waals surface area contributed by atoms with E-state index in [1.807, 2.05) is 43.3 Å². The molecule has 0 atom stereocenters. The fourth-order valence-electron chi connectivity index (χ4n) is 3.39. The van der Waals surface area contributed by atoms with E-state index < -0.39 is 0 Å². The second-order valence-corrected chi connectivity index (χ2v) is 8.59. The predicted octanol–water partition coefficient (Wildman–Crippen LogP) is 4.76. The van der Waals surface area contributed by atoms with E-state index in [1.165, 1.54) is 11.3 Å². The number of pyridine rings is 1. The minimum Gasteiger partial charge on any atom is -0.318 e. The van der Waals surface area contributed by atoms with Crippen LogP contribution in [-0.4, -0.2) is 39.8 Å². The van der Waals surface area contributed by atoms with Crippen LogP contribution >= 0.6 is 22.9 Å². The summed E-state index contributed by atoms with van der Waals surface area (Å²) >= 11 is 7.23. The number of carbonyl (C=O) groups excluding carboxylic acids is 2. The van der Waals surface area contributed by atoms with Gasteiger partial charge >= 0.3 is 6.03 Å². The first-order chi connectivity index (χ1) is 14.5. The van der Waals surface area contributed by atoms with Gasteiger partial charge in [-0.05, 0) is 42.7 Å². The van der Waals surface area contributed by atoms with E-state index in [0.717, 1.165) is 11.1 Å². The van der Waals surface area contributed by atoms with Gasteiger partial charge in [0.1, 0.15) is 0 Å². The summed E-state index contributed by atoms with van der Waals surface area (Å²) in [5.41, 5.74) is 2.73. The first-order valence-corrected chi connectivity index (χ1v) is 10.9. The third-order valence-corrected chi connectivity index (χ3v) is 6.49. The van der Waals surface area contributed by atoms with Crippen LogP contribution in [0.25, 0.3) is 0 Å². The Morgan fingerprint density at radius 3 is 2.70 bits per heavy atom. The molecule has 1 saturated heterocycles. The highest BCUT2D eigenvalue weighted by Crippen LogP contribution is 2.30. The molecule has 1 aliphatic rings. The monoisotopic (exact) mass is 440 g/mol. The number of aryl methyl sites for hydroxylation is 2. The summed E-state index contributed by atoms with van der Waals surface area (Å²) < 4.78 is 0. The Balaban J connectivity index is 1.41. The zero-order valence-electron chi connectivity index (χ0n) is 16.5. The summed E-state index contributed by atoms with van der Waals surface area (Å²) in [7, 11) is 0. The lowest BCUT2D eigenvalue weighted by molar-refractivity contribution is 0.0986. The van der Waals surface area contributed by atoms with Crippen LogP contribution in [0.4, 0.5) is 9.93 Å². The number of thiazole rings is 1. The summed E-state index contributed by atoms with van der Waals surface area (Å²) in [5.74, 6) is 0.0461. The molecule has 8 heteroatoms. The molecule has 3 aromatic rings. The van der Waals surface area contributed by atoms with Crippen molar-refractivity contribution >= 4 is 39.9 Å². The maximum Gasteiger partial charge on any atom is 0.326 e. The van der Waals surface area contributed by atoms with Crippen molar-refractivity contribution in [1.82, 2.24) is 14.9 Å². The van der Waals surface area contributed by atoms with Gasteiger partial charge in [-0.1, -0.05) is 41.1 Å². The maximum absolute atomic E-state index is 12.9. The molecule has 0 spiro atoms. The van der Waals surface area contributed by atoms with Crippen LogP contribution in [0.15, 0.2) is 48.8 Å². The minimum absolute atomic E-state index is 0.0461. The number of hydrogen-bond acceptors (Lipinski definition) is 5. The van der Waals surface area contributed by atoms with E-state index in [4.69, 9.17) is 11.6 Å². The second-order valence-electron chi connectivity index (χ2n) is 7.18. The van der Waals surface area contributed by atoms with Crippen molar-refractivity contribution in [1.29, 1.82) is 0 Å². The molecule has 0 radical (unpaired) electrons. The van der Waals surface area contributed by atoms with Gasteiger partial charge < -0.3 is 4.90 Å². The van der Waals surface area contributed by atoms with Crippen molar-refractivity contribution < 1.29 is 9.59 Å². The van der Waals surface area contributed by atoms with Crippen LogP contribution in [0.1, 0.15) is 32.9 Å². The lowest BCUT2D eigenvalue weighted by atomic mass is 10.1. The number of hydrogen-bond donors (Lipinski definition) is 0. The Bertz CT molecular complexity index is 1050. The number of rotatable bonds is 7. The molecule has 1 aromatic carbocycles. The zero-order chi connectivity index (χ0) is 21.1. The third-order valence-electron chi connectivity index (χ3n) is 5.01. The van der Waals surface area contributed by atoms with E-state index in [2.05, 4.69) is 9.97 Å². The Labute approximate surface area is 184 Å². The van der Waals surface area contributed by atoms with E-state index >= 15 is 0 Å². The van der Waals surface area contributed by atoms with E-state index in [-0.39, 0.29) is 11.8 Å². The predicted molar refractivity (Wildman–Crippen MR) is 118 cm³/mol. The fourth-order valence-corrected chi connectivity index (χ4v) is 4.57. The number of carbonyl (C=O) groups is 2. The fraction of sp³-hybridized carbons (Fsp3) is 0.273. The standard InChI is InChI=1S/C22H21ClN4O2S/c1-15-20(19(28)9-6-16-3-2-10-24-13-16)30-21(25-15)27-12-11-26(22(27)29)14-17-4-7-18(23)8-5-17/h2-5,7-8,10,13H,6,9,11-12,14H2,1H3. The number of benzene rings is 1. The molecule has 0 bridgehead atoms. The van der Waals surface area contributed by atoms with E-state index in [9.17, 15) is 9.59 Å². The van der Waals surface area contributed by atoms with Crippen molar-refractivity contribution in [2.45, 2.75) is 26.3 Å². The molecule has 2 aromatic heterocycles. The maximum atomic E-state index is 12.9. The summed E-state index contributed by atoms with van der Waals surface area (Å²) in [4.78, 5) is 38.2. The summed E-state index contributed by atoms with van der Waals surface area (Å²) in [5, 5.41) is 1.26. The van der Waals surface area contributed by atoms with Gasteiger partial charge in [-0.3, -0.25) is 14.7 Å². The molecule has 0 aliphatic carbocycles. The molecule has 2 amide bonds. The van der Waals surface area contributed by atoms with Crippen LogP contribution in [-0.2, 0) is 13.0 Å². The number of ketones is 1. The highest BCUT2D eigenvalue weighted by atomic mass is 35.5. The van der Waals surface area contributed by atoms with Gasteiger partial charge in [0, 0.05) is 43.5 Å². The minimum atomic E-state index is -0.0898. The Morgan fingerprint density at radius 1 is 1.17 bits per heavy atom. The topological polar surface area (TPSA) is 66.4 Å². The number of halogens is 1. The molecule has 30 heavy (non-hydrogen) atoms. The normalized spacial score (nSPS) is 13.9. The molecule has 4 rings (SSSR count). The molecular weight excluding hydrogens is 420 g/mol. The number of amides is 2. The second kappa shape index (κ2) is 8.93. The van der Waals surface area contributed by atoms with Crippen molar-refractivity contribution in [3.05, 3.63) is 75.5 Å². The molecule has 6 nitrogen and oxygen atoms in total. The van der Waals surface area contributed by atoms with Gasteiger partial charge in [0.15, 0.2) is 10.9 Å².